The van der Waals surface area contributed by atoms with Gasteiger partial charge < -0.3 is 14.5 Å². The maximum Gasteiger partial charge on any atom is 0.215 e. The van der Waals surface area contributed by atoms with Crippen molar-refractivity contribution < 1.29 is 9.47 Å². The Morgan fingerprint density at radius 2 is 2.17 bits per heavy atom. The highest BCUT2D eigenvalue weighted by molar-refractivity contribution is 5.71. The number of imidazole rings is 1. The highest BCUT2D eigenvalue weighted by Gasteiger charge is 2.07. The lowest BCUT2D eigenvalue weighted by molar-refractivity contribution is 0.111. The monoisotopic (exact) mass is 249 g/mol. The van der Waals surface area contributed by atoms with Crippen molar-refractivity contribution in [2.75, 3.05) is 13.7 Å². The second-order valence-corrected chi connectivity index (χ2v) is 4.22. The van der Waals surface area contributed by atoms with Gasteiger partial charge in [0.25, 0.3) is 0 Å². The van der Waals surface area contributed by atoms with E-state index in [0.717, 1.165) is 24.2 Å². The van der Waals surface area contributed by atoms with Gasteiger partial charge in [-0.05, 0) is 26.3 Å². The van der Waals surface area contributed by atoms with Crippen molar-refractivity contribution in [2.45, 2.75) is 32.8 Å². The van der Waals surface area contributed by atoms with Crippen LogP contribution in [0.5, 0.6) is 5.88 Å². The Morgan fingerprint density at radius 3 is 2.89 bits per heavy atom. The molecule has 1 N–H and O–H groups in total. The third kappa shape index (κ3) is 2.98. The summed E-state index contributed by atoms with van der Waals surface area (Å²) in [5.74, 6) is 1.56. The zero-order valence-corrected chi connectivity index (χ0v) is 11.1. The Balaban J connectivity index is 2.11. The second-order valence-electron chi connectivity index (χ2n) is 4.22. The minimum Gasteiger partial charge on any atom is -0.478 e. The van der Waals surface area contributed by atoms with Crippen molar-refractivity contribution in [3.05, 3.63) is 18.0 Å². The Bertz CT molecular complexity index is 510. The van der Waals surface area contributed by atoms with Crippen LogP contribution in [0.15, 0.2) is 12.1 Å². The SMILES string of the molecule is CCOc1ccc2[nH]c(CCC(C)OC)nc2n1. The summed E-state index contributed by atoms with van der Waals surface area (Å²) in [5.41, 5.74) is 1.65. The van der Waals surface area contributed by atoms with E-state index < -0.39 is 0 Å². The molecule has 2 aromatic heterocycles. The van der Waals surface area contributed by atoms with E-state index >= 15 is 0 Å². The lowest BCUT2D eigenvalue weighted by Gasteiger charge is -2.06. The van der Waals surface area contributed by atoms with Gasteiger partial charge in [0.15, 0.2) is 5.65 Å². The van der Waals surface area contributed by atoms with Crippen molar-refractivity contribution >= 4 is 11.2 Å². The molecule has 0 aliphatic rings. The van der Waals surface area contributed by atoms with E-state index in [9.17, 15) is 0 Å². The van der Waals surface area contributed by atoms with Gasteiger partial charge in [0.05, 0.1) is 18.2 Å². The van der Waals surface area contributed by atoms with E-state index in [0.29, 0.717) is 18.1 Å². The van der Waals surface area contributed by atoms with Gasteiger partial charge in [-0.15, -0.1) is 0 Å². The molecule has 0 aliphatic carbocycles. The van der Waals surface area contributed by atoms with Crippen LogP contribution in [0.25, 0.3) is 11.2 Å². The number of aromatic amines is 1. The first-order chi connectivity index (χ1) is 8.72. The molecule has 0 spiro atoms. The molecule has 0 saturated carbocycles. The van der Waals surface area contributed by atoms with Crippen molar-refractivity contribution in [2.24, 2.45) is 0 Å². The second kappa shape index (κ2) is 5.82. The molecule has 0 aliphatic heterocycles. The lowest BCUT2D eigenvalue weighted by atomic mass is 10.2. The predicted octanol–water partition coefficient (Wildman–Crippen LogP) is 2.32. The highest BCUT2D eigenvalue weighted by Crippen LogP contribution is 2.15. The van der Waals surface area contributed by atoms with Crippen molar-refractivity contribution in [1.82, 2.24) is 15.0 Å². The third-order valence-corrected chi connectivity index (χ3v) is 2.85. The summed E-state index contributed by atoms with van der Waals surface area (Å²) < 4.78 is 10.6. The summed E-state index contributed by atoms with van der Waals surface area (Å²) in [6.45, 7) is 4.60. The van der Waals surface area contributed by atoms with Crippen molar-refractivity contribution in [3.8, 4) is 5.88 Å². The Morgan fingerprint density at radius 1 is 1.33 bits per heavy atom. The van der Waals surface area contributed by atoms with Crippen LogP contribution in [-0.2, 0) is 11.2 Å². The molecule has 0 aromatic carbocycles. The number of nitrogens with one attached hydrogen (secondary N) is 1. The van der Waals surface area contributed by atoms with Crippen LogP contribution >= 0.6 is 0 Å². The quantitative estimate of drug-likeness (QED) is 0.853. The van der Waals surface area contributed by atoms with Crippen LogP contribution < -0.4 is 4.74 Å². The fourth-order valence-electron chi connectivity index (χ4n) is 1.73. The number of ether oxygens (including phenoxy) is 2. The fraction of sp³-hybridized carbons (Fsp3) is 0.538. The van der Waals surface area contributed by atoms with Crippen molar-refractivity contribution in [1.29, 1.82) is 0 Å². The standard InChI is InChI=1S/C13H19N3O2/c1-4-18-12-8-6-10-13(16-12)15-11(14-10)7-5-9(2)17-3/h6,8-9H,4-5,7H2,1-3H3,(H,14,15,16). The number of aryl methyl sites for hydroxylation is 1. The van der Waals surface area contributed by atoms with E-state index in [1.54, 1.807) is 7.11 Å². The number of rotatable bonds is 6. The Labute approximate surface area is 107 Å². The lowest BCUT2D eigenvalue weighted by Crippen LogP contribution is -2.06. The summed E-state index contributed by atoms with van der Waals surface area (Å²) in [6.07, 6.45) is 2.04. The summed E-state index contributed by atoms with van der Waals surface area (Å²) in [6, 6.07) is 3.80. The molecule has 0 amide bonds. The molecule has 2 rings (SSSR count). The van der Waals surface area contributed by atoms with E-state index in [4.69, 9.17) is 9.47 Å². The van der Waals surface area contributed by atoms with Gasteiger partial charge in [0.2, 0.25) is 5.88 Å². The molecule has 1 atom stereocenters. The van der Waals surface area contributed by atoms with E-state index in [-0.39, 0.29) is 6.10 Å². The molecular weight excluding hydrogens is 230 g/mol. The van der Waals surface area contributed by atoms with Gasteiger partial charge in [-0.2, -0.15) is 4.98 Å². The first kappa shape index (κ1) is 12.8. The molecule has 5 nitrogen and oxygen atoms in total. The highest BCUT2D eigenvalue weighted by atomic mass is 16.5. The number of hydrogen-bond acceptors (Lipinski definition) is 4. The first-order valence-corrected chi connectivity index (χ1v) is 6.24. The predicted molar refractivity (Wildman–Crippen MR) is 69.8 cm³/mol. The minimum absolute atomic E-state index is 0.241. The van der Waals surface area contributed by atoms with Gasteiger partial charge >= 0.3 is 0 Å². The maximum absolute atomic E-state index is 5.35. The largest absolute Gasteiger partial charge is 0.478 e. The molecule has 98 valence electrons. The number of hydrogen-bond donors (Lipinski definition) is 1. The van der Waals surface area contributed by atoms with Crippen LogP contribution in [0.2, 0.25) is 0 Å². The molecule has 18 heavy (non-hydrogen) atoms. The van der Waals surface area contributed by atoms with E-state index in [1.165, 1.54) is 0 Å². The Kier molecular flexibility index (Phi) is 4.15. The van der Waals surface area contributed by atoms with Gasteiger partial charge in [-0.25, -0.2) is 4.98 Å². The molecule has 5 heteroatoms. The third-order valence-electron chi connectivity index (χ3n) is 2.85. The molecule has 0 bridgehead atoms. The molecule has 2 heterocycles. The summed E-state index contributed by atoms with van der Waals surface area (Å²) >= 11 is 0. The van der Waals surface area contributed by atoms with Gasteiger partial charge in [-0.3, -0.25) is 0 Å². The molecule has 0 fully saturated rings. The zero-order valence-electron chi connectivity index (χ0n) is 11.1. The zero-order chi connectivity index (χ0) is 13.0. The molecule has 0 radical (unpaired) electrons. The molecule has 1 unspecified atom stereocenters. The van der Waals surface area contributed by atoms with E-state index in [1.807, 2.05) is 26.0 Å². The van der Waals surface area contributed by atoms with Crippen LogP contribution in [0.3, 0.4) is 0 Å². The smallest absolute Gasteiger partial charge is 0.215 e. The molecule has 0 saturated heterocycles. The molecule has 2 aromatic rings. The van der Waals surface area contributed by atoms with Crippen molar-refractivity contribution in [3.63, 3.8) is 0 Å². The van der Waals surface area contributed by atoms with Gasteiger partial charge in [-0.1, -0.05) is 0 Å². The topological polar surface area (TPSA) is 60.0 Å². The maximum atomic E-state index is 5.35. The molecular formula is C13H19N3O2. The number of fused-ring (bicyclic) bond motifs is 1. The Hall–Kier alpha value is -1.62. The van der Waals surface area contributed by atoms with Crippen LogP contribution in [-0.4, -0.2) is 34.8 Å². The number of methoxy groups -OCH3 is 1. The number of H-pyrrole nitrogens is 1. The van der Waals surface area contributed by atoms with Gasteiger partial charge in [0, 0.05) is 19.6 Å². The number of nitrogens with zero attached hydrogens (tertiary/aromatic N) is 2. The average Bonchev–Trinajstić information content (AvgIpc) is 2.78. The normalized spacial score (nSPS) is 12.8. The average molecular weight is 249 g/mol. The summed E-state index contributed by atoms with van der Waals surface area (Å²) in [5, 5.41) is 0. The van der Waals surface area contributed by atoms with Crippen LogP contribution in [0.4, 0.5) is 0 Å². The number of pyridine rings is 1. The summed E-state index contributed by atoms with van der Waals surface area (Å²) in [7, 11) is 1.72. The van der Waals surface area contributed by atoms with Crippen LogP contribution in [0, 0.1) is 0 Å². The van der Waals surface area contributed by atoms with Crippen LogP contribution in [0.1, 0.15) is 26.1 Å². The number of aromatic nitrogens is 3. The fourth-order valence-corrected chi connectivity index (χ4v) is 1.73. The first-order valence-electron chi connectivity index (χ1n) is 6.24. The van der Waals surface area contributed by atoms with E-state index in [2.05, 4.69) is 15.0 Å². The summed E-state index contributed by atoms with van der Waals surface area (Å²) in [4.78, 5) is 12.1. The minimum atomic E-state index is 0.241. The van der Waals surface area contributed by atoms with Gasteiger partial charge in [0.1, 0.15) is 5.82 Å².